The van der Waals surface area contributed by atoms with Gasteiger partial charge in [-0.3, -0.25) is 0 Å². The Hall–Kier alpha value is -2.75. The first-order valence-corrected chi connectivity index (χ1v) is 9.29. The number of hydrogen-bond donors (Lipinski definition) is 2. The van der Waals surface area contributed by atoms with Gasteiger partial charge in [0.25, 0.3) is 0 Å². The van der Waals surface area contributed by atoms with Crippen LogP contribution in [0, 0.1) is 17.2 Å². The van der Waals surface area contributed by atoms with E-state index in [1.54, 1.807) is 24.3 Å². The fourth-order valence-electron chi connectivity index (χ4n) is 2.43. The van der Waals surface area contributed by atoms with Crippen molar-refractivity contribution < 1.29 is 20.4 Å². The number of azo groups is 1. The van der Waals surface area contributed by atoms with Crippen molar-refractivity contribution in [2.45, 2.75) is 32.1 Å². The maximum absolute atomic E-state index is 9.05. The van der Waals surface area contributed by atoms with Gasteiger partial charge in [-0.15, -0.1) is 0 Å². The summed E-state index contributed by atoms with van der Waals surface area (Å²) in [5, 5.41) is 34.8. The van der Waals surface area contributed by atoms with Gasteiger partial charge in [-0.05, 0) is 61.3 Å². The second-order valence-electron chi connectivity index (χ2n) is 6.32. The molecule has 0 fully saturated rings. The highest BCUT2D eigenvalue weighted by Crippen LogP contribution is 2.22. The first-order chi connectivity index (χ1) is 15.4. The van der Waals surface area contributed by atoms with Crippen LogP contribution in [0.3, 0.4) is 0 Å². The van der Waals surface area contributed by atoms with Crippen molar-refractivity contribution in [2.75, 3.05) is 19.8 Å². The van der Waals surface area contributed by atoms with E-state index in [9.17, 15) is 0 Å². The molecule has 0 aliphatic rings. The van der Waals surface area contributed by atoms with Crippen LogP contribution in [0.4, 0.5) is 11.4 Å². The van der Waals surface area contributed by atoms with Crippen LogP contribution in [0.25, 0.3) is 0 Å². The molecule has 0 atom stereocenters. The van der Waals surface area contributed by atoms with Gasteiger partial charge in [0.2, 0.25) is 0 Å². The van der Waals surface area contributed by atoms with Crippen LogP contribution < -0.4 is 4.74 Å². The number of nitriles is 1. The highest BCUT2D eigenvalue weighted by molar-refractivity contribution is 5.44. The van der Waals surface area contributed by atoms with Crippen molar-refractivity contribution in [3.8, 4) is 11.8 Å². The number of nitrogens with zero attached hydrogens (tertiary/aromatic N) is 3. The van der Waals surface area contributed by atoms with Crippen LogP contribution in [0.1, 0.15) is 43.2 Å². The third-order valence-electron chi connectivity index (χ3n) is 4.12. The molecule has 0 bridgehead atoms. The summed E-state index contributed by atoms with van der Waals surface area (Å²) < 4.78 is 38.1. The third kappa shape index (κ3) is 7.87. The molecule has 0 unspecified atom stereocenters. The average Bonchev–Trinajstić information content (AvgIpc) is 2.82. The molecule has 28 heavy (non-hydrogen) atoms. The van der Waals surface area contributed by atoms with Gasteiger partial charge in [0.15, 0.2) is 0 Å². The summed E-state index contributed by atoms with van der Waals surface area (Å²) in [6.45, 7) is 0.213. The summed E-state index contributed by atoms with van der Waals surface area (Å²) in [5.74, 6) is -0.195. The fourth-order valence-corrected chi connectivity index (χ4v) is 2.43. The number of aliphatic hydroxyl groups excluding tert-OH is 2. The van der Waals surface area contributed by atoms with Gasteiger partial charge in [-0.1, -0.05) is 19.3 Å². The number of hydrogen-bond acceptors (Lipinski definition) is 6. The Labute approximate surface area is 171 Å². The molecule has 6 heteroatoms. The quantitative estimate of drug-likeness (QED) is 0.401. The molecule has 0 aromatic heterocycles. The van der Waals surface area contributed by atoms with Gasteiger partial charge in [0, 0.05) is 19.1 Å². The minimum atomic E-state index is -0.336. The molecule has 0 radical (unpaired) electrons. The van der Waals surface area contributed by atoms with E-state index in [-0.39, 0.29) is 61.3 Å². The van der Waals surface area contributed by atoms with E-state index in [0.29, 0.717) is 17.7 Å². The molecule has 6 nitrogen and oxygen atoms in total. The van der Waals surface area contributed by atoms with Crippen molar-refractivity contribution in [1.82, 2.24) is 0 Å². The lowest BCUT2D eigenvalue weighted by Gasteiger charge is -2.10. The summed E-state index contributed by atoms with van der Waals surface area (Å²) in [6, 6.07) is 6.98. The monoisotopic (exact) mass is 385 g/mol. The maximum Gasteiger partial charge on any atom is 0.119 e. The standard InChI is InChI=1S/C22H27N3O3/c23-15-18-6-8-20(9-7-18)24-25-21-10-12-22(13-11-21)28-14-4-2-1-3-5-19(16-26)17-27/h6-13,19,26-27H,1-5,14,16-17H2/i10D,11D,12D,13D. The molecule has 0 amide bonds. The first kappa shape index (κ1) is 16.2. The molecule has 2 rings (SSSR count). The normalized spacial score (nSPS) is 13.1. The summed E-state index contributed by atoms with van der Waals surface area (Å²) in [6.07, 6.45) is 4.07. The Morgan fingerprint density at radius 1 is 0.929 bits per heavy atom. The Balaban J connectivity index is 1.97. The lowest BCUT2D eigenvalue weighted by atomic mass is 10.0. The number of unbranched alkanes of at least 4 members (excludes halogenated alkanes) is 3. The predicted octanol–water partition coefficient (Wildman–Crippen LogP) is 4.90. The number of aliphatic hydroxyl groups is 2. The number of rotatable bonds is 12. The molecule has 2 aromatic rings. The zero-order chi connectivity index (χ0) is 23.5. The van der Waals surface area contributed by atoms with E-state index in [1.807, 2.05) is 6.07 Å². The second kappa shape index (κ2) is 12.6. The largest absolute Gasteiger partial charge is 0.494 e. The summed E-state index contributed by atoms with van der Waals surface area (Å²) in [5.41, 5.74) is 0.707. The smallest absolute Gasteiger partial charge is 0.119 e. The van der Waals surface area contributed by atoms with Crippen LogP contribution in [0.15, 0.2) is 58.7 Å². The van der Waals surface area contributed by atoms with E-state index in [0.717, 1.165) is 25.7 Å². The van der Waals surface area contributed by atoms with E-state index >= 15 is 0 Å². The summed E-state index contributed by atoms with van der Waals surface area (Å²) >= 11 is 0. The van der Waals surface area contributed by atoms with Crippen molar-refractivity contribution >= 4 is 11.4 Å². The minimum Gasteiger partial charge on any atom is -0.494 e. The first-order valence-electron chi connectivity index (χ1n) is 11.3. The SMILES string of the molecule is [2H]c1c([2H])c(OCCCCCCC(CO)CO)c([2H])c([2H])c1N=Nc1ccc(C#N)cc1. The van der Waals surface area contributed by atoms with Crippen LogP contribution >= 0.6 is 0 Å². The van der Waals surface area contributed by atoms with Crippen molar-refractivity contribution in [3.05, 3.63) is 54.0 Å². The highest BCUT2D eigenvalue weighted by atomic mass is 16.5. The van der Waals surface area contributed by atoms with Gasteiger partial charge in [-0.2, -0.15) is 15.5 Å². The van der Waals surface area contributed by atoms with Gasteiger partial charge < -0.3 is 14.9 Å². The molecule has 0 saturated carbocycles. The lowest BCUT2D eigenvalue weighted by molar-refractivity contribution is 0.141. The molecule has 0 heterocycles. The Morgan fingerprint density at radius 3 is 2.21 bits per heavy atom. The Kier molecular flexibility index (Phi) is 7.30. The Bertz CT molecular complexity index is 929. The molecule has 2 N–H and O–H groups in total. The molecule has 0 aliphatic carbocycles. The second-order valence-corrected chi connectivity index (χ2v) is 6.32. The van der Waals surface area contributed by atoms with E-state index < -0.39 is 0 Å². The fraction of sp³-hybridized carbons (Fsp3) is 0.409. The lowest BCUT2D eigenvalue weighted by Crippen LogP contribution is -2.10. The zero-order valence-electron chi connectivity index (χ0n) is 19.7. The third-order valence-corrected chi connectivity index (χ3v) is 4.12. The predicted molar refractivity (Wildman–Crippen MR) is 108 cm³/mol. The van der Waals surface area contributed by atoms with Crippen LogP contribution in [-0.2, 0) is 0 Å². The van der Waals surface area contributed by atoms with Crippen LogP contribution in [-0.4, -0.2) is 30.0 Å². The molecule has 148 valence electrons. The molecular formula is C22H27N3O3. The van der Waals surface area contributed by atoms with Crippen molar-refractivity contribution in [3.63, 3.8) is 0 Å². The van der Waals surface area contributed by atoms with E-state index in [4.69, 9.17) is 25.7 Å². The maximum atomic E-state index is 9.05. The van der Waals surface area contributed by atoms with Crippen molar-refractivity contribution in [2.24, 2.45) is 16.1 Å². The molecular weight excluding hydrogens is 354 g/mol. The average molecular weight is 386 g/mol. The Morgan fingerprint density at radius 2 is 1.57 bits per heavy atom. The summed E-state index contributed by atoms with van der Waals surface area (Å²) in [4.78, 5) is 0. The topological polar surface area (TPSA) is 98.2 Å². The van der Waals surface area contributed by atoms with Gasteiger partial charge >= 0.3 is 0 Å². The van der Waals surface area contributed by atoms with E-state index in [2.05, 4.69) is 10.2 Å². The van der Waals surface area contributed by atoms with Gasteiger partial charge in [-0.25, -0.2) is 0 Å². The molecule has 0 spiro atoms. The van der Waals surface area contributed by atoms with E-state index in [1.165, 1.54) is 0 Å². The number of benzene rings is 2. The molecule has 2 aromatic carbocycles. The highest BCUT2D eigenvalue weighted by Gasteiger charge is 2.04. The van der Waals surface area contributed by atoms with Gasteiger partial charge in [0.05, 0.1) is 35.1 Å². The minimum absolute atomic E-state index is 0.0217. The van der Waals surface area contributed by atoms with Crippen LogP contribution in [0.5, 0.6) is 5.75 Å². The summed E-state index contributed by atoms with van der Waals surface area (Å²) in [7, 11) is 0. The molecule has 0 aliphatic heterocycles. The number of ether oxygens (including phenoxy) is 1. The zero-order valence-corrected chi connectivity index (χ0v) is 15.7. The van der Waals surface area contributed by atoms with Crippen molar-refractivity contribution in [1.29, 1.82) is 5.26 Å². The van der Waals surface area contributed by atoms with Crippen LogP contribution in [0.2, 0.25) is 0 Å². The molecule has 0 saturated heterocycles. The van der Waals surface area contributed by atoms with Gasteiger partial charge in [0.1, 0.15) is 5.75 Å².